The molecular weight excluding hydrogens is 364 g/mol. The van der Waals surface area contributed by atoms with Crippen LogP contribution in [0.3, 0.4) is 0 Å². The third-order valence-electron chi connectivity index (χ3n) is 5.21. The first-order valence-corrected chi connectivity index (χ1v) is 10.9. The molecule has 28 heavy (non-hydrogen) atoms. The first-order valence-electron chi connectivity index (χ1n) is 9.95. The van der Waals surface area contributed by atoms with Gasteiger partial charge in [-0.05, 0) is 30.5 Å². The highest BCUT2D eigenvalue weighted by Gasteiger charge is 2.25. The molecule has 148 valence electrons. The average Bonchev–Trinajstić information content (AvgIpc) is 3.06. The van der Waals surface area contributed by atoms with E-state index in [1.54, 1.807) is 11.8 Å². The standard InChI is InChI=1S/C23H30N4S/c1-6-21(26(4)5)22-24-25-23(27(22)15-19-10-8-7-9-11-19)28-16-20-14-17(2)12-13-18(20)3/h7-14,21H,6,15-16H2,1-5H3/p+1/t21-/m1/s1. The van der Waals surface area contributed by atoms with Gasteiger partial charge in [0.05, 0.1) is 20.6 Å². The molecule has 0 aliphatic carbocycles. The number of aryl methyl sites for hydroxylation is 2. The van der Waals surface area contributed by atoms with Gasteiger partial charge in [0, 0.05) is 12.2 Å². The summed E-state index contributed by atoms with van der Waals surface area (Å²) in [5.41, 5.74) is 5.28. The van der Waals surface area contributed by atoms with Crippen LogP contribution in [0.25, 0.3) is 0 Å². The van der Waals surface area contributed by atoms with Gasteiger partial charge in [0.15, 0.2) is 11.0 Å². The summed E-state index contributed by atoms with van der Waals surface area (Å²) in [6.07, 6.45) is 1.04. The van der Waals surface area contributed by atoms with E-state index >= 15 is 0 Å². The Hall–Kier alpha value is -2.11. The summed E-state index contributed by atoms with van der Waals surface area (Å²) in [5.74, 6) is 1.99. The summed E-state index contributed by atoms with van der Waals surface area (Å²) < 4.78 is 2.31. The van der Waals surface area contributed by atoms with Crippen LogP contribution in [0.2, 0.25) is 0 Å². The minimum Gasteiger partial charge on any atom is -0.331 e. The Morgan fingerprint density at radius 3 is 2.46 bits per heavy atom. The van der Waals surface area contributed by atoms with Gasteiger partial charge >= 0.3 is 0 Å². The van der Waals surface area contributed by atoms with Crippen molar-refractivity contribution in [1.82, 2.24) is 14.8 Å². The molecule has 0 radical (unpaired) electrons. The topological polar surface area (TPSA) is 35.1 Å². The van der Waals surface area contributed by atoms with Crippen molar-refractivity contribution in [2.24, 2.45) is 0 Å². The largest absolute Gasteiger partial charge is 0.331 e. The monoisotopic (exact) mass is 395 g/mol. The molecule has 0 saturated carbocycles. The number of benzene rings is 2. The normalized spacial score (nSPS) is 12.5. The number of hydrogen-bond acceptors (Lipinski definition) is 3. The maximum absolute atomic E-state index is 4.63. The molecule has 0 saturated heterocycles. The van der Waals surface area contributed by atoms with Crippen LogP contribution in [0.5, 0.6) is 0 Å². The molecule has 0 aliphatic rings. The van der Waals surface area contributed by atoms with E-state index in [1.165, 1.54) is 27.2 Å². The lowest BCUT2D eigenvalue weighted by Gasteiger charge is -2.20. The summed E-state index contributed by atoms with van der Waals surface area (Å²) in [6.45, 7) is 7.36. The van der Waals surface area contributed by atoms with E-state index in [0.29, 0.717) is 6.04 Å². The molecule has 5 heteroatoms. The zero-order valence-electron chi connectivity index (χ0n) is 17.6. The lowest BCUT2D eigenvalue weighted by molar-refractivity contribution is -0.893. The van der Waals surface area contributed by atoms with Crippen molar-refractivity contribution >= 4 is 11.8 Å². The molecule has 0 unspecified atom stereocenters. The molecule has 2 aromatic carbocycles. The van der Waals surface area contributed by atoms with E-state index in [1.807, 2.05) is 0 Å². The Morgan fingerprint density at radius 1 is 1.04 bits per heavy atom. The molecule has 1 N–H and O–H groups in total. The van der Waals surface area contributed by atoms with Crippen LogP contribution >= 0.6 is 11.8 Å². The Bertz CT molecular complexity index is 902. The van der Waals surface area contributed by atoms with Crippen molar-refractivity contribution in [1.29, 1.82) is 0 Å². The molecular formula is C23H31N4S+. The second-order valence-electron chi connectivity index (χ2n) is 7.67. The van der Waals surface area contributed by atoms with Gasteiger partial charge in [-0.1, -0.05) is 72.8 Å². The van der Waals surface area contributed by atoms with Gasteiger partial charge in [0.25, 0.3) is 0 Å². The van der Waals surface area contributed by atoms with Crippen molar-refractivity contribution < 1.29 is 4.90 Å². The third kappa shape index (κ3) is 4.83. The van der Waals surface area contributed by atoms with Crippen LogP contribution in [-0.2, 0) is 12.3 Å². The van der Waals surface area contributed by atoms with E-state index in [4.69, 9.17) is 0 Å². The van der Waals surface area contributed by atoms with Crippen molar-refractivity contribution in [3.8, 4) is 0 Å². The zero-order chi connectivity index (χ0) is 20.1. The molecule has 4 nitrogen and oxygen atoms in total. The number of aromatic nitrogens is 3. The Kier molecular flexibility index (Phi) is 6.92. The van der Waals surface area contributed by atoms with E-state index in [9.17, 15) is 0 Å². The summed E-state index contributed by atoms with van der Waals surface area (Å²) in [4.78, 5) is 1.38. The van der Waals surface area contributed by atoms with Crippen molar-refractivity contribution in [2.45, 2.75) is 50.7 Å². The van der Waals surface area contributed by atoms with Gasteiger partial charge in [0.1, 0.15) is 6.04 Å². The molecule has 0 bridgehead atoms. The summed E-state index contributed by atoms with van der Waals surface area (Å²) in [5, 5.41) is 10.2. The molecule has 1 aromatic heterocycles. The molecule has 0 aliphatic heterocycles. The predicted molar refractivity (Wildman–Crippen MR) is 117 cm³/mol. The van der Waals surface area contributed by atoms with Crippen molar-refractivity contribution in [3.05, 3.63) is 76.6 Å². The summed E-state index contributed by atoms with van der Waals surface area (Å²) >= 11 is 1.78. The number of rotatable bonds is 8. The summed E-state index contributed by atoms with van der Waals surface area (Å²) in [7, 11) is 4.39. The Morgan fingerprint density at radius 2 is 1.79 bits per heavy atom. The average molecular weight is 396 g/mol. The maximum Gasteiger partial charge on any atom is 0.192 e. The van der Waals surface area contributed by atoms with Gasteiger partial charge in [-0.2, -0.15) is 0 Å². The van der Waals surface area contributed by atoms with E-state index in [2.05, 4.69) is 98.2 Å². The van der Waals surface area contributed by atoms with Crippen LogP contribution < -0.4 is 4.90 Å². The van der Waals surface area contributed by atoms with Crippen LogP contribution in [0.4, 0.5) is 0 Å². The van der Waals surface area contributed by atoms with Crippen LogP contribution in [0.15, 0.2) is 53.7 Å². The quantitative estimate of drug-likeness (QED) is 0.589. The summed E-state index contributed by atoms with van der Waals surface area (Å²) in [6, 6.07) is 17.6. The fraction of sp³-hybridized carbons (Fsp3) is 0.391. The van der Waals surface area contributed by atoms with Gasteiger partial charge in [0.2, 0.25) is 0 Å². The van der Waals surface area contributed by atoms with Gasteiger partial charge in [-0.3, -0.25) is 4.57 Å². The smallest absolute Gasteiger partial charge is 0.192 e. The number of quaternary nitrogens is 1. The number of thioether (sulfide) groups is 1. The molecule has 1 heterocycles. The Balaban J connectivity index is 1.91. The highest BCUT2D eigenvalue weighted by molar-refractivity contribution is 7.98. The highest BCUT2D eigenvalue weighted by Crippen LogP contribution is 2.27. The van der Waals surface area contributed by atoms with Gasteiger partial charge < -0.3 is 4.90 Å². The van der Waals surface area contributed by atoms with E-state index in [0.717, 1.165) is 29.7 Å². The molecule has 0 fully saturated rings. The highest BCUT2D eigenvalue weighted by atomic mass is 32.2. The fourth-order valence-electron chi connectivity index (χ4n) is 3.53. The lowest BCUT2D eigenvalue weighted by Crippen LogP contribution is -3.06. The first kappa shape index (κ1) is 20.6. The molecule has 3 rings (SSSR count). The van der Waals surface area contributed by atoms with Crippen LogP contribution in [0.1, 0.15) is 47.5 Å². The molecule has 3 aromatic rings. The van der Waals surface area contributed by atoms with Crippen LogP contribution in [0, 0.1) is 13.8 Å². The fourth-order valence-corrected chi connectivity index (χ4v) is 4.53. The minimum absolute atomic E-state index is 0.339. The Labute approximate surface area is 173 Å². The van der Waals surface area contributed by atoms with Gasteiger partial charge in [-0.15, -0.1) is 10.2 Å². The minimum atomic E-state index is 0.339. The molecule has 0 amide bonds. The maximum atomic E-state index is 4.63. The number of nitrogens with zero attached hydrogens (tertiary/aromatic N) is 3. The first-order chi connectivity index (χ1) is 13.5. The second-order valence-corrected chi connectivity index (χ2v) is 8.61. The number of nitrogens with one attached hydrogen (secondary N) is 1. The predicted octanol–water partition coefficient (Wildman–Crippen LogP) is 3.83. The van der Waals surface area contributed by atoms with Crippen molar-refractivity contribution in [3.63, 3.8) is 0 Å². The third-order valence-corrected chi connectivity index (χ3v) is 6.22. The molecule has 0 spiro atoms. The number of hydrogen-bond donors (Lipinski definition) is 1. The van der Waals surface area contributed by atoms with Crippen LogP contribution in [-0.4, -0.2) is 28.9 Å². The van der Waals surface area contributed by atoms with Gasteiger partial charge in [-0.25, -0.2) is 0 Å². The zero-order valence-corrected chi connectivity index (χ0v) is 18.4. The van der Waals surface area contributed by atoms with Crippen molar-refractivity contribution in [2.75, 3.05) is 14.1 Å². The lowest BCUT2D eigenvalue weighted by atomic mass is 10.1. The van der Waals surface area contributed by atoms with E-state index < -0.39 is 0 Å². The van der Waals surface area contributed by atoms with E-state index in [-0.39, 0.29) is 0 Å². The second kappa shape index (κ2) is 9.39. The molecule has 1 atom stereocenters. The SMILES string of the molecule is CC[C@H](c1nnc(SCc2cc(C)ccc2C)n1Cc1ccccc1)[NH+](C)C.